The quantitative estimate of drug-likeness (QED) is 0.583. The molecule has 28 heavy (non-hydrogen) atoms. The summed E-state index contributed by atoms with van der Waals surface area (Å²) >= 11 is 7.12. The summed E-state index contributed by atoms with van der Waals surface area (Å²) in [5.74, 6) is 0.0494. The molecule has 6 nitrogen and oxygen atoms in total. The van der Waals surface area contributed by atoms with Gasteiger partial charge < -0.3 is 10.1 Å². The number of hydrogen-bond donors (Lipinski definition) is 1. The molecule has 2 aromatic carbocycles. The summed E-state index contributed by atoms with van der Waals surface area (Å²) in [7, 11) is -3.44. The maximum absolute atomic E-state index is 12.2. The highest BCUT2D eigenvalue weighted by Gasteiger charge is 2.16. The first-order valence-corrected chi connectivity index (χ1v) is 11.2. The van der Waals surface area contributed by atoms with Gasteiger partial charge in [-0.2, -0.15) is 0 Å². The minimum absolute atomic E-state index is 0.00416. The third kappa shape index (κ3) is 5.54. The molecule has 9 heteroatoms. The van der Waals surface area contributed by atoms with Gasteiger partial charge in [-0.25, -0.2) is 13.4 Å². The number of nitrogens with one attached hydrogen (secondary N) is 1. The Balaban J connectivity index is 1.49. The van der Waals surface area contributed by atoms with Crippen molar-refractivity contribution in [3.8, 4) is 5.75 Å². The average molecular weight is 437 g/mol. The van der Waals surface area contributed by atoms with Crippen molar-refractivity contribution in [3.05, 3.63) is 75.7 Å². The third-order valence-corrected chi connectivity index (χ3v) is 6.53. The molecule has 1 heterocycles. The Labute approximate surface area is 172 Å². The van der Waals surface area contributed by atoms with Crippen molar-refractivity contribution < 1.29 is 17.9 Å². The molecule has 0 aliphatic rings. The number of ether oxygens (including phenoxy) is 1. The Hall–Kier alpha value is -2.42. The van der Waals surface area contributed by atoms with Crippen LogP contribution in [0.4, 0.5) is 0 Å². The number of sulfone groups is 1. The maximum Gasteiger partial charge on any atom is 0.270 e. The second-order valence-corrected chi connectivity index (χ2v) is 9.25. The van der Waals surface area contributed by atoms with Crippen LogP contribution < -0.4 is 10.1 Å². The molecular formula is C19H17ClN2O4S2. The number of aromatic nitrogens is 1. The van der Waals surface area contributed by atoms with Crippen LogP contribution in [0, 0.1) is 0 Å². The number of halogens is 1. The topological polar surface area (TPSA) is 85.4 Å². The van der Waals surface area contributed by atoms with Crippen molar-refractivity contribution in [2.45, 2.75) is 11.5 Å². The van der Waals surface area contributed by atoms with Gasteiger partial charge in [0.1, 0.15) is 23.1 Å². The second kappa shape index (κ2) is 9.18. The molecule has 1 amide bonds. The minimum atomic E-state index is -3.44. The number of benzene rings is 2. The van der Waals surface area contributed by atoms with Gasteiger partial charge in [-0.05, 0) is 36.4 Å². The molecular weight excluding hydrogens is 420 g/mol. The van der Waals surface area contributed by atoms with E-state index in [1.54, 1.807) is 47.8 Å². The standard InChI is InChI=1S/C19H17ClN2O4S2/c20-14-6-8-15(9-7-14)26-12-18-22-17(13-27-18)19(23)21-10-11-28(24,25)16-4-2-1-3-5-16/h1-9,13H,10-12H2,(H,21,23). The number of carbonyl (C=O) groups is 1. The van der Waals surface area contributed by atoms with E-state index in [1.165, 1.54) is 23.5 Å². The van der Waals surface area contributed by atoms with Gasteiger partial charge in [0.2, 0.25) is 0 Å². The van der Waals surface area contributed by atoms with Crippen LogP contribution in [0.5, 0.6) is 5.75 Å². The molecule has 0 spiro atoms. The second-order valence-electron chi connectivity index (χ2n) is 5.76. The van der Waals surface area contributed by atoms with Crippen molar-refractivity contribution in [3.63, 3.8) is 0 Å². The number of thiazole rings is 1. The summed E-state index contributed by atoms with van der Waals surface area (Å²) in [6.45, 7) is 0.228. The summed E-state index contributed by atoms with van der Waals surface area (Å²) in [4.78, 5) is 16.6. The first-order chi connectivity index (χ1) is 13.4. The molecule has 0 aliphatic heterocycles. The molecule has 1 N–H and O–H groups in total. The lowest BCUT2D eigenvalue weighted by atomic mass is 10.3. The normalized spacial score (nSPS) is 11.2. The van der Waals surface area contributed by atoms with Crippen molar-refractivity contribution in [2.75, 3.05) is 12.3 Å². The fourth-order valence-corrected chi connectivity index (χ4v) is 4.28. The fraction of sp³-hybridized carbons (Fsp3) is 0.158. The summed E-state index contributed by atoms with van der Waals surface area (Å²) in [5, 5.41) is 5.46. The van der Waals surface area contributed by atoms with E-state index in [0.29, 0.717) is 15.8 Å². The zero-order chi connectivity index (χ0) is 20.0. The lowest BCUT2D eigenvalue weighted by molar-refractivity contribution is 0.0951. The van der Waals surface area contributed by atoms with E-state index < -0.39 is 15.7 Å². The molecule has 0 bridgehead atoms. The molecule has 0 radical (unpaired) electrons. The van der Waals surface area contributed by atoms with E-state index in [2.05, 4.69) is 10.3 Å². The van der Waals surface area contributed by atoms with Gasteiger partial charge in [0, 0.05) is 16.9 Å². The number of amides is 1. The summed E-state index contributed by atoms with van der Waals surface area (Å²) in [5.41, 5.74) is 0.233. The third-order valence-electron chi connectivity index (χ3n) is 3.72. The zero-order valence-electron chi connectivity index (χ0n) is 14.7. The smallest absolute Gasteiger partial charge is 0.270 e. The highest BCUT2D eigenvalue weighted by atomic mass is 35.5. The molecule has 0 saturated carbocycles. The minimum Gasteiger partial charge on any atom is -0.486 e. The van der Waals surface area contributed by atoms with Gasteiger partial charge in [-0.3, -0.25) is 4.79 Å². The predicted octanol–water partition coefficient (Wildman–Crippen LogP) is 3.58. The lowest BCUT2D eigenvalue weighted by Gasteiger charge is -2.05. The predicted molar refractivity (Wildman–Crippen MR) is 109 cm³/mol. The Bertz CT molecular complexity index is 1040. The van der Waals surface area contributed by atoms with Crippen LogP contribution in [-0.2, 0) is 16.4 Å². The molecule has 0 atom stereocenters. The van der Waals surface area contributed by atoms with E-state index in [-0.39, 0.29) is 29.5 Å². The van der Waals surface area contributed by atoms with Crippen molar-refractivity contribution in [2.24, 2.45) is 0 Å². The molecule has 0 fully saturated rings. The first-order valence-electron chi connectivity index (χ1n) is 8.33. The maximum atomic E-state index is 12.2. The number of nitrogens with zero attached hydrogens (tertiary/aromatic N) is 1. The van der Waals surface area contributed by atoms with Crippen LogP contribution in [0.1, 0.15) is 15.5 Å². The highest BCUT2D eigenvalue weighted by Crippen LogP contribution is 2.18. The van der Waals surface area contributed by atoms with Gasteiger partial charge in [-0.1, -0.05) is 29.8 Å². The van der Waals surface area contributed by atoms with E-state index in [1.807, 2.05) is 0 Å². The summed E-state index contributed by atoms with van der Waals surface area (Å²) < 4.78 is 30.0. The van der Waals surface area contributed by atoms with Crippen LogP contribution in [0.3, 0.4) is 0 Å². The van der Waals surface area contributed by atoms with Gasteiger partial charge in [0.05, 0.1) is 10.6 Å². The fourth-order valence-electron chi connectivity index (χ4n) is 2.29. The zero-order valence-corrected chi connectivity index (χ0v) is 17.1. The first kappa shape index (κ1) is 20.3. The monoisotopic (exact) mass is 436 g/mol. The van der Waals surface area contributed by atoms with Crippen LogP contribution >= 0.6 is 22.9 Å². The Morgan fingerprint density at radius 1 is 1.11 bits per heavy atom. The van der Waals surface area contributed by atoms with Crippen LogP contribution in [0.15, 0.2) is 64.9 Å². The van der Waals surface area contributed by atoms with E-state index in [9.17, 15) is 13.2 Å². The van der Waals surface area contributed by atoms with Gasteiger partial charge in [0.25, 0.3) is 5.91 Å². The van der Waals surface area contributed by atoms with Gasteiger partial charge in [0.15, 0.2) is 9.84 Å². The van der Waals surface area contributed by atoms with Crippen molar-refractivity contribution in [1.82, 2.24) is 10.3 Å². The Morgan fingerprint density at radius 2 is 1.82 bits per heavy atom. The lowest BCUT2D eigenvalue weighted by Crippen LogP contribution is -2.29. The van der Waals surface area contributed by atoms with Gasteiger partial charge >= 0.3 is 0 Å². The Kier molecular flexibility index (Phi) is 6.66. The molecule has 0 saturated heterocycles. The summed E-state index contributed by atoms with van der Waals surface area (Å²) in [6.07, 6.45) is 0. The van der Waals surface area contributed by atoms with Gasteiger partial charge in [-0.15, -0.1) is 11.3 Å². The summed E-state index contributed by atoms with van der Waals surface area (Å²) in [6, 6.07) is 15.1. The molecule has 1 aromatic heterocycles. The van der Waals surface area contributed by atoms with Crippen LogP contribution in [0.25, 0.3) is 0 Å². The van der Waals surface area contributed by atoms with Crippen LogP contribution in [-0.4, -0.2) is 31.6 Å². The van der Waals surface area contributed by atoms with E-state index >= 15 is 0 Å². The SMILES string of the molecule is O=C(NCCS(=O)(=O)c1ccccc1)c1csc(COc2ccc(Cl)cc2)n1. The number of carbonyl (C=O) groups excluding carboxylic acids is 1. The molecule has 0 aliphatic carbocycles. The molecule has 0 unspecified atom stereocenters. The largest absolute Gasteiger partial charge is 0.486 e. The highest BCUT2D eigenvalue weighted by molar-refractivity contribution is 7.91. The Morgan fingerprint density at radius 3 is 2.54 bits per heavy atom. The van der Waals surface area contributed by atoms with Crippen molar-refractivity contribution in [1.29, 1.82) is 0 Å². The molecule has 3 rings (SSSR count). The van der Waals surface area contributed by atoms with Crippen LogP contribution in [0.2, 0.25) is 5.02 Å². The number of rotatable bonds is 8. The number of hydrogen-bond acceptors (Lipinski definition) is 6. The van der Waals surface area contributed by atoms with E-state index in [0.717, 1.165) is 0 Å². The molecule has 146 valence electrons. The average Bonchev–Trinajstić information content (AvgIpc) is 3.17. The van der Waals surface area contributed by atoms with Crippen molar-refractivity contribution >= 4 is 38.7 Å². The van der Waals surface area contributed by atoms with E-state index in [4.69, 9.17) is 16.3 Å². The molecule has 3 aromatic rings.